The molecule has 0 aliphatic carbocycles. The van der Waals surface area contributed by atoms with Crippen molar-refractivity contribution in [1.82, 2.24) is 0 Å². The molecule has 0 spiro atoms. The molecule has 1 fully saturated rings. The summed E-state index contributed by atoms with van der Waals surface area (Å²) in [6.45, 7) is 5.82. The Labute approximate surface area is 121 Å². The van der Waals surface area contributed by atoms with Gasteiger partial charge in [0, 0.05) is 12.3 Å². The van der Waals surface area contributed by atoms with Crippen molar-refractivity contribution < 1.29 is 9.53 Å². The van der Waals surface area contributed by atoms with Gasteiger partial charge < -0.3 is 4.74 Å². The first-order chi connectivity index (χ1) is 9.74. The molecule has 1 saturated heterocycles. The maximum absolute atomic E-state index is 12.2. The summed E-state index contributed by atoms with van der Waals surface area (Å²) in [6, 6.07) is 10.4. The standard InChI is InChI=1S/C18H24O2/c1-3-8-15-13-17(19)16(4-2)18(20-15)12-11-14-9-6-5-7-10-14/h3,5-7,9-10,15-16,18H,1,4,8,11-13H2,2H3/t15-,16?,18+/m0/s1. The van der Waals surface area contributed by atoms with Gasteiger partial charge >= 0.3 is 0 Å². The minimum absolute atomic E-state index is 0.0311. The zero-order valence-electron chi connectivity index (χ0n) is 12.3. The highest BCUT2D eigenvalue weighted by molar-refractivity contribution is 5.82. The monoisotopic (exact) mass is 272 g/mol. The molecule has 1 aromatic carbocycles. The Morgan fingerprint density at radius 1 is 1.35 bits per heavy atom. The van der Waals surface area contributed by atoms with Crippen molar-refractivity contribution in [3.05, 3.63) is 48.6 Å². The molecule has 1 aliphatic heterocycles. The molecule has 1 unspecified atom stereocenters. The van der Waals surface area contributed by atoms with Crippen LogP contribution in [0.5, 0.6) is 0 Å². The molecule has 0 radical (unpaired) electrons. The summed E-state index contributed by atoms with van der Waals surface area (Å²) in [5, 5.41) is 0. The number of hydrogen-bond donors (Lipinski definition) is 0. The van der Waals surface area contributed by atoms with Gasteiger partial charge in [-0.1, -0.05) is 43.3 Å². The van der Waals surface area contributed by atoms with Crippen LogP contribution in [-0.2, 0) is 16.0 Å². The number of Topliss-reactive ketones (excluding diaryl/α,β-unsaturated/α-hetero) is 1. The smallest absolute Gasteiger partial charge is 0.141 e. The molecule has 0 saturated carbocycles. The van der Waals surface area contributed by atoms with Crippen LogP contribution in [0.25, 0.3) is 0 Å². The summed E-state index contributed by atoms with van der Waals surface area (Å²) in [5.41, 5.74) is 1.31. The van der Waals surface area contributed by atoms with Crippen LogP contribution in [0.1, 0.15) is 38.2 Å². The van der Waals surface area contributed by atoms with Gasteiger partial charge in [-0.2, -0.15) is 0 Å². The van der Waals surface area contributed by atoms with Crippen molar-refractivity contribution >= 4 is 5.78 Å². The van der Waals surface area contributed by atoms with E-state index in [1.165, 1.54) is 5.56 Å². The third-order valence-electron chi connectivity index (χ3n) is 4.09. The van der Waals surface area contributed by atoms with Crippen LogP contribution in [0.15, 0.2) is 43.0 Å². The minimum atomic E-state index is 0.0311. The lowest BCUT2D eigenvalue weighted by Gasteiger charge is -2.35. The van der Waals surface area contributed by atoms with E-state index in [-0.39, 0.29) is 18.1 Å². The van der Waals surface area contributed by atoms with E-state index in [0.29, 0.717) is 12.2 Å². The molecule has 0 bridgehead atoms. The highest BCUT2D eigenvalue weighted by Crippen LogP contribution is 2.29. The van der Waals surface area contributed by atoms with Gasteiger partial charge in [-0.05, 0) is 31.2 Å². The fraction of sp³-hybridized carbons (Fsp3) is 0.500. The van der Waals surface area contributed by atoms with Gasteiger partial charge in [-0.25, -0.2) is 0 Å². The van der Waals surface area contributed by atoms with E-state index in [1.54, 1.807) is 0 Å². The topological polar surface area (TPSA) is 26.3 Å². The summed E-state index contributed by atoms with van der Waals surface area (Å²) in [5.74, 6) is 0.434. The normalized spacial score (nSPS) is 26.4. The van der Waals surface area contributed by atoms with E-state index in [4.69, 9.17) is 4.74 Å². The van der Waals surface area contributed by atoms with Crippen molar-refractivity contribution in [1.29, 1.82) is 0 Å². The molecule has 2 rings (SSSR count). The highest BCUT2D eigenvalue weighted by atomic mass is 16.5. The number of benzene rings is 1. The molecule has 1 aromatic rings. The molecule has 3 atom stereocenters. The predicted octanol–water partition coefficient (Wildman–Crippen LogP) is 3.95. The Morgan fingerprint density at radius 2 is 2.10 bits per heavy atom. The van der Waals surface area contributed by atoms with Crippen LogP contribution in [0.2, 0.25) is 0 Å². The Kier molecular flexibility index (Phi) is 5.54. The summed E-state index contributed by atoms with van der Waals surface area (Å²) in [6.07, 6.45) is 6.02. The van der Waals surface area contributed by atoms with Crippen LogP contribution >= 0.6 is 0 Å². The van der Waals surface area contributed by atoms with E-state index in [2.05, 4.69) is 37.8 Å². The Balaban J connectivity index is 1.98. The van der Waals surface area contributed by atoms with Crippen LogP contribution in [0, 0.1) is 5.92 Å². The minimum Gasteiger partial charge on any atom is -0.373 e. The van der Waals surface area contributed by atoms with Gasteiger partial charge in [-0.3, -0.25) is 4.79 Å². The quantitative estimate of drug-likeness (QED) is 0.733. The molecule has 2 nitrogen and oxygen atoms in total. The van der Waals surface area contributed by atoms with Gasteiger partial charge in [-0.15, -0.1) is 6.58 Å². The third kappa shape index (κ3) is 3.80. The number of ketones is 1. The first-order valence-electron chi connectivity index (χ1n) is 7.57. The summed E-state index contributed by atoms with van der Waals surface area (Å²) in [7, 11) is 0. The number of carbonyl (C=O) groups is 1. The van der Waals surface area contributed by atoms with E-state index >= 15 is 0 Å². The first kappa shape index (κ1) is 15.0. The van der Waals surface area contributed by atoms with Gasteiger partial charge in [0.1, 0.15) is 5.78 Å². The van der Waals surface area contributed by atoms with Crippen LogP contribution in [0.3, 0.4) is 0 Å². The zero-order chi connectivity index (χ0) is 14.4. The van der Waals surface area contributed by atoms with Gasteiger partial charge in [0.2, 0.25) is 0 Å². The van der Waals surface area contributed by atoms with Crippen molar-refractivity contribution in [3.63, 3.8) is 0 Å². The van der Waals surface area contributed by atoms with Crippen molar-refractivity contribution in [3.8, 4) is 0 Å². The summed E-state index contributed by atoms with van der Waals surface area (Å²) < 4.78 is 6.13. The molecular formula is C18H24O2. The van der Waals surface area contributed by atoms with Gasteiger partial charge in [0.05, 0.1) is 12.2 Å². The van der Waals surface area contributed by atoms with Crippen LogP contribution in [-0.4, -0.2) is 18.0 Å². The van der Waals surface area contributed by atoms with E-state index in [1.807, 2.05) is 12.1 Å². The number of rotatable bonds is 6. The molecule has 2 heteroatoms. The molecule has 20 heavy (non-hydrogen) atoms. The second-order valence-corrected chi connectivity index (χ2v) is 5.53. The van der Waals surface area contributed by atoms with Crippen molar-refractivity contribution in [2.24, 2.45) is 5.92 Å². The Morgan fingerprint density at radius 3 is 2.75 bits per heavy atom. The van der Waals surface area contributed by atoms with E-state index in [9.17, 15) is 4.79 Å². The molecule has 108 valence electrons. The second-order valence-electron chi connectivity index (χ2n) is 5.53. The first-order valence-corrected chi connectivity index (χ1v) is 7.57. The number of aryl methyl sites for hydroxylation is 1. The molecule has 0 N–H and O–H groups in total. The van der Waals surface area contributed by atoms with E-state index in [0.717, 1.165) is 25.7 Å². The van der Waals surface area contributed by atoms with Gasteiger partial charge in [0.15, 0.2) is 0 Å². The average Bonchev–Trinajstić information content (AvgIpc) is 2.46. The molecule has 1 aliphatic rings. The van der Waals surface area contributed by atoms with Crippen molar-refractivity contribution in [2.45, 2.75) is 51.2 Å². The lowest BCUT2D eigenvalue weighted by Crippen LogP contribution is -2.41. The largest absolute Gasteiger partial charge is 0.373 e. The number of carbonyl (C=O) groups excluding carboxylic acids is 1. The molecule has 1 heterocycles. The van der Waals surface area contributed by atoms with Crippen LogP contribution < -0.4 is 0 Å². The number of ether oxygens (including phenoxy) is 1. The van der Waals surface area contributed by atoms with E-state index < -0.39 is 0 Å². The lowest BCUT2D eigenvalue weighted by atomic mass is 9.85. The SMILES string of the molecule is C=CC[C@H]1CC(=O)C(CC)[C@@H](CCc2ccccc2)O1. The number of hydrogen-bond acceptors (Lipinski definition) is 2. The third-order valence-corrected chi connectivity index (χ3v) is 4.09. The fourth-order valence-corrected chi connectivity index (χ4v) is 3.01. The second kappa shape index (κ2) is 7.39. The predicted molar refractivity (Wildman–Crippen MR) is 81.6 cm³/mol. The molecule has 0 amide bonds. The Hall–Kier alpha value is -1.41. The Bertz CT molecular complexity index is 438. The van der Waals surface area contributed by atoms with Crippen molar-refractivity contribution in [2.75, 3.05) is 0 Å². The lowest BCUT2D eigenvalue weighted by molar-refractivity contribution is -0.146. The highest BCUT2D eigenvalue weighted by Gasteiger charge is 2.35. The van der Waals surface area contributed by atoms with Crippen LogP contribution in [0.4, 0.5) is 0 Å². The molecule has 0 aromatic heterocycles. The summed E-state index contributed by atoms with van der Waals surface area (Å²) in [4.78, 5) is 12.2. The maximum atomic E-state index is 12.2. The van der Waals surface area contributed by atoms with Gasteiger partial charge in [0.25, 0.3) is 0 Å². The maximum Gasteiger partial charge on any atom is 0.141 e. The summed E-state index contributed by atoms with van der Waals surface area (Å²) >= 11 is 0. The zero-order valence-corrected chi connectivity index (χ0v) is 12.3. The molecular weight excluding hydrogens is 248 g/mol. The fourth-order valence-electron chi connectivity index (χ4n) is 3.01. The average molecular weight is 272 g/mol.